The minimum atomic E-state index is -0.957. The fraction of sp³-hybridized carbons (Fsp3) is 0.591. The minimum Gasteiger partial charge on any atom is -0.480 e. The largest absolute Gasteiger partial charge is 0.480 e. The number of aryl methyl sites for hydroxylation is 1. The number of carboxylic acid groups (broad SMARTS) is 1. The second-order valence-corrected chi connectivity index (χ2v) is 8.99. The highest BCUT2D eigenvalue weighted by molar-refractivity contribution is 7.99. The van der Waals surface area contributed by atoms with Crippen molar-refractivity contribution in [2.24, 2.45) is 5.92 Å². The molecule has 2 N–H and O–H groups in total. The molecule has 4 unspecified atom stereocenters. The highest BCUT2D eigenvalue weighted by atomic mass is 32.2. The summed E-state index contributed by atoms with van der Waals surface area (Å²) in [6.45, 7) is 3.71. The summed E-state index contributed by atoms with van der Waals surface area (Å²) in [7, 11) is 0. The molecule has 2 saturated heterocycles. The Balaban J connectivity index is 1.68. The summed E-state index contributed by atoms with van der Waals surface area (Å²) in [5.74, 6) is 0.280. The van der Waals surface area contributed by atoms with Crippen molar-refractivity contribution < 1.29 is 24.2 Å². The van der Waals surface area contributed by atoms with Gasteiger partial charge in [0.2, 0.25) is 5.91 Å². The first kappa shape index (κ1) is 22.6. The van der Waals surface area contributed by atoms with Gasteiger partial charge in [0.25, 0.3) is 0 Å². The normalized spacial score (nSPS) is 24.9. The van der Waals surface area contributed by atoms with Crippen molar-refractivity contribution in [3.05, 3.63) is 35.9 Å². The minimum absolute atomic E-state index is 0.0433. The number of hydrogen-bond acceptors (Lipinski definition) is 6. The van der Waals surface area contributed by atoms with Gasteiger partial charge in [-0.05, 0) is 50.3 Å². The number of carbonyl (C=O) groups excluding carboxylic acids is 2. The first-order valence-corrected chi connectivity index (χ1v) is 11.7. The fourth-order valence-corrected chi connectivity index (χ4v) is 5.82. The molecule has 1 amide bonds. The van der Waals surface area contributed by atoms with E-state index in [-0.39, 0.29) is 24.5 Å². The van der Waals surface area contributed by atoms with Crippen LogP contribution in [0.15, 0.2) is 30.3 Å². The Labute approximate surface area is 181 Å². The lowest BCUT2D eigenvalue weighted by atomic mass is 10.0. The van der Waals surface area contributed by atoms with E-state index in [9.17, 15) is 19.5 Å². The lowest BCUT2D eigenvalue weighted by molar-refractivity contribution is -0.151. The van der Waals surface area contributed by atoms with E-state index in [2.05, 4.69) is 5.32 Å². The lowest BCUT2D eigenvalue weighted by Gasteiger charge is -2.31. The van der Waals surface area contributed by atoms with Crippen molar-refractivity contribution in [2.75, 3.05) is 18.1 Å². The molecule has 0 radical (unpaired) electrons. The van der Waals surface area contributed by atoms with E-state index in [1.165, 1.54) is 0 Å². The first-order chi connectivity index (χ1) is 14.4. The van der Waals surface area contributed by atoms with Gasteiger partial charge in [0.05, 0.1) is 12.6 Å². The molecule has 0 aromatic heterocycles. The molecule has 2 heterocycles. The van der Waals surface area contributed by atoms with Crippen LogP contribution >= 0.6 is 11.8 Å². The molecule has 1 aromatic rings. The predicted octanol–water partition coefficient (Wildman–Crippen LogP) is 1.95. The number of nitrogens with zero attached hydrogens (tertiary/aromatic N) is 1. The van der Waals surface area contributed by atoms with Crippen LogP contribution in [0.5, 0.6) is 0 Å². The van der Waals surface area contributed by atoms with Crippen LogP contribution in [0.4, 0.5) is 0 Å². The quantitative estimate of drug-likeness (QED) is 0.574. The summed E-state index contributed by atoms with van der Waals surface area (Å²) in [6.07, 6.45) is 1.66. The van der Waals surface area contributed by atoms with Crippen LogP contribution in [-0.4, -0.2) is 70.1 Å². The van der Waals surface area contributed by atoms with Crippen LogP contribution in [0.3, 0.4) is 0 Å². The third kappa shape index (κ3) is 5.16. The van der Waals surface area contributed by atoms with Gasteiger partial charge in [-0.2, -0.15) is 11.8 Å². The van der Waals surface area contributed by atoms with Crippen molar-refractivity contribution in [3.63, 3.8) is 0 Å². The summed E-state index contributed by atoms with van der Waals surface area (Å²) < 4.78 is 5.20. The Morgan fingerprint density at radius 3 is 2.67 bits per heavy atom. The third-order valence-electron chi connectivity index (χ3n) is 5.88. The van der Waals surface area contributed by atoms with Crippen LogP contribution in [0.25, 0.3) is 0 Å². The Bertz CT molecular complexity index is 759. The Kier molecular flexibility index (Phi) is 7.77. The molecule has 0 aliphatic carbocycles. The number of aliphatic carboxylic acids is 1. The summed E-state index contributed by atoms with van der Waals surface area (Å²) in [5, 5.41) is 12.7. The lowest BCUT2D eigenvalue weighted by Crippen LogP contribution is -2.55. The van der Waals surface area contributed by atoms with Gasteiger partial charge >= 0.3 is 11.9 Å². The Morgan fingerprint density at radius 2 is 2.00 bits per heavy atom. The second kappa shape index (κ2) is 10.3. The van der Waals surface area contributed by atoms with E-state index in [0.717, 1.165) is 17.1 Å². The molecular weight excluding hydrogens is 404 g/mol. The number of amides is 1. The van der Waals surface area contributed by atoms with E-state index in [1.807, 2.05) is 30.3 Å². The predicted molar refractivity (Wildman–Crippen MR) is 115 cm³/mol. The molecule has 2 fully saturated rings. The smallest absolute Gasteiger partial charge is 0.326 e. The second-order valence-electron chi connectivity index (χ2n) is 7.92. The Morgan fingerprint density at radius 1 is 1.27 bits per heavy atom. The zero-order valence-corrected chi connectivity index (χ0v) is 18.3. The molecule has 1 aromatic carbocycles. The SMILES string of the molecule is CCOC(=O)C(CCc1ccccc1)N[C@@H](C)C(=O)N1C(C(=O)O)CC2CSCC21. The number of benzene rings is 1. The molecule has 164 valence electrons. The van der Waals surface area contributed by atoms with Crippen LogP contribution < -0.4 is 5.32 Å². The number of esters is 1. The van der Waals surface area contributed by atoms with Crippen LogP contribution in [0, 0.1) is 5.92 Å². The highest BCUT2D eigenvalue weighted by Crippen LogP contribution is 2.40. The number of nitrogens with one attached hydrogen (secondary N) is 1. The standard InChI is InChI=1S/C22H30N2O5S/c1-3-29-22(28)17(10-9-15-7-5-4-6-8-15)23-14(2)20(25)24-18(21(26)27)11-16-12-30-13-19(16)24/h4-8,14,16-19,23H,3,9-13H2,1-2H3,(H,26,27)/t14-,16?,17?,18?,19?/m0/s1. The number of ether oxygens (including phenoxy) is 1. The number of likely N-dealkylation sites (tertiary alicyclic amines) is 1. The number of fused-ring (bicyclic) bond motifs is 1. The maximum Gasteiger partial charge on any atom is 0.326 e. The number of rotatable bonds is 9. The number of thioether (sulfide) groups is 1. The third-order valence-corrected chi connectivity index (χ3v) is 7.12. The fourth-order valence-electron chi connectivity index (χ4n) is 4.35. The van der Waals surface area contributed by atoms with Crippen molar-refractivity contribution in [2.45, 2.75) is 57.3 Å². The average Bonchev–Trinajstić information content (AvgIpc) is 3.32. The molecule has 0 spiro atoms. The van der Waals surface area contributed by atoms with E-state index in [0.29, 0.717) is 19.3 Å². The zero-order valence-electron chi connectivity index (χ0n) is 17.5. The number of carboxylic acids is 1. The summed E-state index contributed by atoms with van der Waals surface area (Å²) >= 11 is 1.76. The average molecular weight is 435 g/mol. The van der Waals surface area contributed by atoms with E-state index < -0.39 is 30.1 Å². The number of carbonyl (C=O) groups is 3. The van der Waals surface area contributed by atoms with Gasteiger partial charge in [-0.3, -0.25) is 14.9 Å². The van der Waals surface area contributed by atoms with Gasteiger partial charge in [0.1, 0.15) is 12.1 Å². The summed E-state index contributed by atoms with van der Waals surface area (Å²) in [6, 6.07) is 7.68. The molecule has 7 nitrogen and oxygen atoms in total. The molecule has 3 rings (SSSR count). The van der Waals surface area contributed by atoms with Gasteiger partial charge in [0.15, 0.2) is 0 Å². The molecule has 8 heteroatoms. The zero-order chi connectivity index (χ0) is 21.7. The molecule has 5 atom stereocenters. The van der Waals surface area contributed by atoms with E-state index in [4.69, 9.17) is 4.74 Å². The number of hydrogen-bond donors (Lipinski definition) is 2. The molecule has 30 heavy (non-hydrogen) atoms. The van der Waals surface area contributed by atoms with Crippen molar-refractivity contribution in [3.8, 4) is 0 Å². The van der Waals surface area contributed by atoms with E-state index in [1.54, 1.807) is 30.5 Å². The van der Waals surface area contributed by atoms with E-state index >= 15 is 0 Å². The van der Waals surface area contributed by atoms with Crippen molar-refractivity contribution >= 4 is 29.6 Å². The van der Waals surface area contributed by atoms with Crippen LogP contribution in [-0.2, 0) is 25.5 Å². The van der Waals surface area contributed by atoms with Gasteiger partial charge < -0.3 is 14.7 Å². The molecule has 0 saturated carbocycles. The maximum atomic E-state index is 13.2. The molecule has 0 bridgehead atoms. The van der Waals surface area contributed by atoms with Crippen molar-refractivity contribution in [1.82, 2.24) is 10.2 Å². The highest BCUT2D eigenvalue weighted by Gasteiger charge is 2.50. The molecular formula is C22H30N2O5S. The summed E-state index contributed by atoms with van der Waals surface area (Å²) in [5.41, 5.74) is 1.10. The maximum absolute atomic E-state index is 13.2. The Hall–Kier alpha value is -2.06. The van der Waals surface area contributed by atoms with Gasteiger partial charge in [-0.25, -0.2) is 4.79 Å². The summed E-state index contributed by atoms with van der Waals surface area (Å²) in [4.78, 5) is 39.0. The monoisotopic (exact) mass is 434 g/mol. The van der Waals surface area contributed by atoms with Gasteiger partial charge in [-0.1, -0.05) is 30.3 Å². The van der Waals surface area contributed by atoms with Gasteiger partial charge in [0, 0.05) is 11.8 Å². The van der Waals surface area contributed by atoms with Crippen LogP contribution in [0.2, 0.25) is 0 Å². The molecule has 2 aliphatic rings. The van der Waals surface area contributed by atoms with Gasteiger partial charge in [-0.15, -0.1) is 0 Å². The van der Waals surface area contributed by atoms with Crippen molar-refractivity contribution in [1.29, 1.82) is 0 Å². The van der Waals surface area contributed by atoms with Crippen LogP contribution in [0.1, 0.15) is 32.3 Å². The molecule has 2 aliphatic heterocycles. The first-order valence-electron chi connectivity index (χ1n) is 10.5. The topological polar surface area (TPSA) is 95.9 Å².